The van der Waals surface area contributed by atoms with E-state index >= 15 is 0 Å². The number of ether oxygens (including phenoxy) is 1. The first-order valence-electron chi connectivity index (χ1n) is 11.9. The van der Waals surface area contributed by atoms with Crippen molar-refractivity contribution in [2.24, 2.45) is 0 Å². The van der Waals surface area contributed by atoms with E-state index < -0.39 is 5.41 Å². The predicted octanol–water partition coefficient (Wildman–Crippen LogP) is 4.78. The smallest absolute Gasteiger partial charge is 0.337 e. The molecule has 1 unspecified atom stereocenters. The number of likely N-dealkylation sites (tertiary alicyclic amines) is 1. The van der Waals surface area contributed by atoms with E-state index in [2.05, 4.69) is 0 Å². The van der Waals surface area contributed by atoms with Gasteiger partial charge in [0.2, 0.25) is 5.91 Å². The highest BCUT2D eigenvalue weighted by Crippen LogP contribution is 2.43. The Bertz CT molecular complexity index is 1090. The Balaban J connectivity index is 1.44. The quantitative estimate of drug-likeness (QED) is 0.417. The van der Waals surface area contributed by atoms with Gasteiger partial charge in [0.05, 0.1) is 24.1 Å². The molecule has 2 aliphatic rings. The molecule has 1 atom stereocenters. The summed E-state index contributed by atoms with van der Waals surface area (Å²) < 4.78 is 19.3. The number of allylic oxidation sites excluding steroid dienone is 1. The first-order chi connectivity index (χ1) is 16.4. The number of hydrogen-bond donors (Lipinski definition) is 0. The molecule has 0 radical (unpaired) electrons. The van der Waals surface area contributed by atoms with Gasteiger partial charge in [0, 0.05) is 18.5 Å². The Kier molecular flexibility index (Phi) is 7.25. The molecule has 178 valence electrons. The van der Waals surface area contributed by atoms with E-state index in [1.54, 1.807) is 36.4 Å². The summed E-state index contributed by atoms with van der Waals surface area (Å²) in [6.07, 6.45) is 8.25. The zero-order valence-electron chi connectivity index (χ0n) is 19.5. The van der Waals surface area contributed by atoms with Crippen molar-refractivity contribution in [3.63, 3.8) is 0 Å². The number of esters is 1. The van der Waals surface area contributed by atoms with Gasteiger partial charge in [0.1, 0.15) is 5.82 Å². The summed E-state index contributed by atoms with van der Waals surface area (Å²) in [4.78, 5) is 39.3. The topological polar surface area (TPSA) is 63.7 Å². The van der Waals surface area contributed by atoms with Gasteiger partial charge in [0.25, 0.3) is 0 Å². The summed E-state index contributed by atoms with van der Waals surface area (Å²) in [5.74, 6) is -0.723. The van der Waals surface area contributed by atoms with E-state index in [9.17, 15) is 18.8 Å². The largest absolute Gasteiger partial charge is 0.465 e. The number of rotatable bonds is 8. The van der Waals surface area contributed by atoms with Crippen molar-refractivity contribution in [1.29, 1.82) is 0 Å². The minimum atomic E-state index is -0.809. The highest BCUT2D eigenvalue weighted by molar-refractivity contribution is 5.99. The monoisotopic (exact) mass is 463 g/mol. The maximum absolute atomic E-state index is 14.6. The van der Waals surface area contributed by atoms with Crippen molar-refractivity contribution in [1.82, 2.24) is 4.90 Å². The molecule has 34 heavy (non-hydrogen) atoms. The molecular weight excluding hydrogens is 433 g/mol. The van der Waals surface area contributed by atoms with Crippen LogP contribution in [0.25, 0.3) is 0 Å². The molecule has 1 saturated carbocycles. The number of carbonyl (C=O) groups excluding carboxylic acids is 3. The van der Waals surface area contributed by atoms with E-state index in [0.717, 1.165) is 18.4 Å². The van der Waals surface area contributed by atoms with E-state index in [1.807, 2.05) is 23.1 Å². The SMILES string of the molecule is COC(=O)c1ccc(CCN2C(=O)CCC2C=CC(=O)C2(c3ccccc3F)CCCC2)cc1. The van der Waals surface area contributed by atoms with Gasteiger partial charge in [-0.2, -0.15) is 0 Å². The second kappa shape index (κ2) is 10.3. The zero-order valence-corrected chi connectivity index (χ0v) is 19.5. The van der Waals surface area contributed by atoms with Gasteiger partial charge in [0.15, 0.2) is 5.78 Å². The van der Waals surface area contributed by atoms with Crippen LogP contribution in [0, 0.1) is 5.82 Å². The number of nitrogens with zero attached hydrogens (tertiary/aromatic N) is 1. The number of methoxy groups -OCH3 is 1. The lowest BCUT2D eigenvalue weighted by Gasteiger charge is -2.28. The molecule has 1 aliphatic heterocycles. The predicted molar refractivity (Wildman–Crippen MR) is 127 cm³/mol. The number of carbonyl (C=O) groups is 3. The van der Waals surface area contributed by atoms with Crippen LogP contribution in [-0.4, -0.2) is 42.3 Å². The molecule has 1 aliphatic carbocycles. The lowest BCUT2D eigenvalue weighted by Crippen LogP contribution is -2.35. The minimum Gasteiger partial charge on any atom is -0.465 e. The summed E-state index contributed by atoms with van der Waals surface area (Å²) >= 11 is 0. The lowest BCUT2D eigenvalue weighted by atomic mass is 9.74. The van der Waals surface area contributed by atoms with Gasteiger partial charge in [-0.05, 0) is 55.5 Å². The zero-order chi connectivity index (χ0) is 24.1. The molecular formula is C28H30FNO4. The first kappa shape index (κ1) is 23.9. The van der Waals surface area contributed by atoms with Crippen molar-refractivity contribution in [2.45, 2.75) is 56.4 Å². The van der Waals surface area contributed by atoms with Crippen LogP contribution < -0.4 is 0 Å². The van der Waals surface area contributed by atoms with Crippen LogP contribution in [0.5, 0.6) is 0 Å². The van der Waals surface area contributed by atoms with Crippen molar-refractivity contribution in [3.05, 3.63) is 83.2 Å². The Morgan fingerprint density at radius 2 is 1.82 bits per heavy atom. The van der Waals surface area contributed by atoms with Crippen LogP contribution >= 0.6 is 0 Å². The van der Waals surface area contributed by atoms with Crippen LogP contribution in [0.3, 0.4) is 0 Å². The van der Waals surface area contributed by atoms with Gasteiger partial charge in [-0.15, -0.1) is 0 Å². The number of amides is 1. The number of hydrogen-bond acceptors (Lipinski definition) is 4. The minimum absolute atomic E-state index is 0.0676. The average molecular weight is 464 g/mol. The molecule has 0 bridgehead atoms. The van der Waals surface area contributed by atoms with Crippen LogP contribution in [0.15, 0.2) is 60.7 Å². The summed E-state index contributed by atoms with van der Waals surface area (Å²) in [5.41, 5.74) is 1.17. The second-order valence-corrected chi connectivity index (χ2v) is 9.12. The van der Waals surface area contributed by atoms with Gasteiger partial charge < -0.3 is 9.64 Å². The van der Waals surface area contributed by atoms with Crippen molar-refractivity contribution < 1.29 is 23.5 Å². The Morgan fingerprint density at radius 1 is 1.12 bits per heavy atom. The maximum Gasteiger partial charge on any atom is 0.337 e. The average Bonchev–Trinajstić information content (AvgIpc) is 3.49. The van der Waals surface area contributed by atoms with Crippen LogP contribution in [0.4, 0.5) is 4.39 Å². The lowest BCUT2D eigenvalue weighted by molar-refractivity contribution is -0.128. The summed E-state index contributed by atoms with van der Waals surface area (Å²) in [5, 5.41) is 0. The number of halogens is 1. The molecule has 6 heteroatoms. The molecule has 0 aromatic heterocycles. The van der Waals surface area contributed by atoms with Crippen LogP contribution in [0.1, 0.15) is 60.0 Å². The molecule has 2 fully saturated rings. The molecule has 4 rings (SSSR count). The number of benzene rings is 2. The summed E-state index contributed by atoms with van der Waals surface area (Å²) in [6.45, 7) is 0.526. The Morgan fingerprint density at radius 3 is 2.50 bits per heavy atom. The molecule has 1 saturated heterocycles. The van der Waals surface area contributed by atoms with Crippen molar-refractivity contribution >= 4 is 17.7 Å². The van der Waals surface area contributed by atoms with Crippen LogP contribution in [0.2, 0.25) is 0 Å². The third-order valence-electron chi connectivity index (χ3n) is 7.18. The highest BCUT2D eigenvalue weighted by atomic mass is 19.1. The Labute approximate surface area is 199 Å². The van der Waals surface area contributed by atoms with Gasteiger partial charge in [-0.1, -0.05) is 49.2 Å². The third-order valence-corrected chi connectivity index (χ3v) is 7.18. The van der Waals surface area contributed by atoms with Gasteiger partial charge >= 0.3 is 5.97 Å². The molecule has 2 aromatic rings. The van der Waals surface area contributed by atoms with Crippen molar-refractivity contribution in [3.8, 4) is 0 Å². The summed E-state index contributed by atoms with van der Waals surface area (Å²) in [7, 11) is 1.35. The molecule has 0 spiro atoms. The first-order valence-corrected chi connectivity index (χ1v) is 11.9. The molecule has 2 aromatic carbocycles. The molecule has 0 N–H and O–H groups in total. The summed E-state index contributed by atoms with van der Waals surface area (Å²) in [6, 6.07) is 13.6. The van der Waals surface area contributed by atoms with E-state index in [-0.39, 0.29) is 29.5 Å². The molecule has 1 heterocycles. The van der Waals surface area contributed by atoms with Gasteiger partial charge in [-0.3, -0.25) is 9.59 Å². The maximum atomic E-state index is 14.6. The van der Waals surface area contributed by atoms with Crippen molar-refractivity contribution in [2.75, 3.05) is 13.7 Å². The molecule has 1 amide bonds. The third kappa shape index (κ3) is 4.81. The highest BCUT2D eigenvalue weighted by Gasteiger charge is 2.43. The van der Waals surface area contributed by atoms with Gasteiger partial charge in [-0.25, -0.2) is 9.18 Å². The Hall–Kier alpha value is -3.28. The molecule has 5 nitrogen and oxygen atoms in total. The van der Waals surface area contributed by atoms with Crippen LogP contribution in [-0.2, 0) is 26.2 Å². The standard InChI is InChI=1S/C28H30FNO4/c1-34-27(33)21-10-8-20(9-11-21)16-19-30-22(13-15-26(30)32)12-14-25(31)28(17-4-5-18-28)23-6-2-3-7-24(23)29/h2-3,6-12,14,22H,4-5,13,15-19H2,1H3. The fourth-order valence-corrected chi connectivity index (χ4v) is 5.26. The normalized spacial score (nSPS) is 19.6. The van der Waals surface area contributed by atoms with E-state index in [0.29, 0.717) is 49.8 Å². The second-order valence-electron chi connectivity index (χ2n) is 9.12. The number of ketones is 1. The van der Waals surface area contributed by atoms with E-state index in [4.69, 9.17) is 4.74 Å². The van der Waals surface area contributed by atoms with E-state index in [1.165, 1.54) is 13.2 Å². The fraction of sp³-hybridized carbons (Fsp3) is 0.393. The fourth-order valence-electron chi connectivity index (χ4n) is 5.26.